The summed E-state index contributed by atoms with van der Waals surface area (Å²) in [6.07, 6.45) is -1.80. The minimum absolute atomic E-state index is 0.0478. The lowest BCUT2D eigenvalue weighted by Gasteiger charge is -2.14. The second-order valence-electron chi connectivity index (χ2n) is 6.26. The Hall–Kier alpha value is -3.61. The smallest absolute Gasteiger partial charge is 0.433 e. The SMILES string of the molecule is Nc1nccc2cc(-c3cccc(O)c3-c3ccc(C(F)(F)F)nc3)ccc12. The van der Waals surface area contributed by atoms with E-state index in [2.05, 4.69) is 9.97 Å². The van der Waals surface area contributed by atoms with Crippen molar-refractivity contribution in [1.29, 1.82) is 0 Å². The average molecular weight is 381 g/mol. The Morgan fingerprint density at radius 1 is 0.893 bits per heavy atom. The number of fused-ring (bicyclic) bond motifs is 1. The van der Waals surface area contributed by atoms with Gasteiger partial charge >= 0.3 is 6.18 Å². The van der Waals surface area contributed by atoms with Crippen molar-refractivity contribution in [2.45, 2.75) is 6.18 Å². The number of benzene rings is 2. The van der Waals surface area contributed by atoms with Gasteiger partial charge in [-0.3, -0.25) is 4.98 Å². The first-order valence-corrected chi connectivity index (χ1v) is 8.35. The van der Waals surface area contributed by atoms with Crippen molar-refractivity contribution in [3.8, 4) is 28.0 Å². The molecule has 0 saturated heterocycles. The van der Waals surface area contributed by atoms with Gasteiger partial charge in [0.25, 0.3) is 0 Å². The third-order valence-electron chi connectivity index (χ3n) is 4.49. The molecule has 4 aromatic rings. The molecule has 2 aromatic carbocycles. The van der Waals surface area contributed by atoms with Crippen LogP contribution in [0, 0.1) is 0 Å². The average Bonchev–Trinajstić information content (AvgIpc) is 2.67. The lowest BCUT2D eigenvalue weighted by molar-refractivity contribution is -0.141. The van der Waals surface area contributed by atoms with Crippen molar-refractivity contribution < 1.29 is 18.3 Å². The number of nitrogens with zero attached hydrogens (tertiary/aromatic N) is 2. The highest BCUT2D eigenvalue weighted by Crippen LogP contribution is 2.40. The summed E-state index contributed by atoms with van der Waals surface area (Å²) in [6.45, 7) is 0. The number of phenols is 1. The molecule has 2 aromatic heterocycles. The van der Waals surface area contributed by atoms with Crippen LogP contribution in [0.25, 0.3) is 33.0 Å². The normalized spacial score (nSPS) is 11.7. The van der Waals surface area contributed by atoms with Gasteiger partial charge in [0.15, 0.2) is 0 Å². The fourth-order valence-corrected chi connectivity index (χ4v) is 3.16. The second-order valence-corrected chi connectivity index (χ2v) is 6.26. The van der Waals surface area contributed by atoms with Crippen LogP contribution in [-0.4, -0.2) is 15.1 Å². The minimum Gasteiger partial charge on any atom is -0.507 e. The largest absolute Gasteiger partial charge is 0.507 e. The summed E-state index contributed by atoms with van der Waals surface area (Å²) in [6, 6.07) is 14.5. The second kappa shape index (κ2) is 6.53. The molecule has 0 unspecified atom stereocenters. The maximum absolute atomic E-state index is 12.8. The molecule has 140 valence electrons. The molecule has 0 fully saturated rings. The Labute approximate surface area is 158 Å². The van der Waals surface area contributed by atoms with E-state index in [0.717, 1.165) is 28.6 Å². The van der Waals surface area contributed by atoms with Crippen molar-refractivity contribution in [3.05, 3.63) is 72.7 Å². The van der Waals surface area contributed by atoms with E-state index in [1.807, 2.05) is 24.3 Å². The molecule has 4 rings (SSSR count). The van der Waals surface area contributed by atoms with Crippen LogP contribution in [0.2, 0.25) is 0 Å². The molecular formula is C21H14F3N3O. The maximum atomic E-state index is 12.8. The fraction of sp³-hybridized carbons (Fsp3) is 0.0476. The minimum atomic E-state index is -4.52. The molecule has 0 amide bonds. The van der Waals surface area contributed by atoms with Crippen molar-refractivity contribution >= 4 is 16.6 Å². The van der Waals surface area contributed by atoms with Crippen molar-refractivity contribution in [2.75, 3.05) is 5.73 Å². The Morgan fingerprint density at radius 3 is 2.39 bits per heavy atom. The number of phenolic OH excluding ortho intramolecular Hbond substituents is 1. The van der Waals surface area contributed by atoms with Crippen LogP contribution in [0.4, 0.5) is 19.0 Å². The van der Waals surface area contributed by atoms with Gasteiger partial charge in [0.1, 0.15) is 17.3 Å². The standard InChI is InChI=1S/C21H14F3N3O/c22-21(23,24)18-7-5-14(11-27-18)19-15(2-1-3-17(19)28)12-4-6-16-13(10-12)8-9-26-20(16)25/h1-11,28H,(H2,25,26). The number of hydrogen-bond donors (Lipinski definition) is 2. The van der Waals surface area contributed by atoms with Crippen LogP contribution in [0.15, 0.2) is 67.0 Å². The molecule has 4 nitrogen and oxygen atoms in total. The van der Waals surface area contributed by atoms with Crippen LogP contribution < -0.4 is 5.73 Å². The van der Waals surface area contributed by atoms with E-state index in [1.54, 1.807) is 18.3 Å². The van der Waals surface area contributed by atoms with Crippen LogP contribution in [-0.2, 0) is 6.18 Å². The number of rotatable bonds is 2. The van der Waals surface area contributed by atoms with Gasteiger partial charge in [-0.15, -0.1) is 0 Å². The van der Waals surface area contributed by atoms with Gasteiger partial charge in [0.05, 0.1) is 0 Å². The molecule has 0 saturated carbocycles. The lowest BCUT2D eigenvalue weighted by atomic mass is 9.93. The summed E-state index contributed by atoms with van der Waals surface area (Å²) < 4.78 is 38.4. The first kappa shape index (κ1) is 17.8. The molecule has 0 spiro atoms. The van der Waals surface area contributed by atoms with Gasteiger partial charge in [0, 0.05) is 28.9 Å². The van der Waals surface area contributed by atoms with Gasteiger partial charge in [-0.1, -0.05) is 30.3 Å². The van der Waals surface area contributed by atoms with E-state index in [1.165, 1.54) is 12.1 Å². The van der Waals surface area contributed by atoms with Crippen molar-refractivity contribution in [1.82, 2.24) is 9.97 Å². The first-order chi connectivity index (χ1) is 13.3. The summed E-state index contributed by atoms with van der Waals surface area (Å²) in [5.74, 6) is 0.362. The van der Waals surface area contributed by atoms with Gasteiger partial charge in [0.2, 0.25) is 0 Å². The first-order valence-electron chi connectivity index (χ1n) is 8.35. The zero-order valence-electron chi connectivity index (χ0n) is 14.4. The molecule has 0 atom stereocenters. The Kier molecular flexibility index (Phi) is 4.15. The molecule has 0 radical (unpaired) electrons. The highest BCUT2D eigenvalue weighted by atomic mass is 19.4. The van der Waals surface area contributed by atoms with E-state index in [9.17, 15) is 18.3 Å². The number of aromatic nitrogens is 2. The number of alkyl halides is 3. The van der Waals surface area contributed by atoms with Gasteiger partial charge in [-0.05, 0) is 40.8 Å². The van der Waals surface area contributed by atoms with Crippen molar-refractivity contribution in [3.63, 3.8) is 0 Å². The molecule has 28 heavy (non-hydrogen) atoms. The number of nitrogen functional groups attached to an aromatic ring is 1. The van der Waals surface area contributed by atoms with Crippen LogP contribution in [0.5, 0.6) is 5.75 Å². The van der Waals surface area contributed by atoms with Crippen LogP contribution >= 0.6 is 0 Å². The monoisotopic (exact) mass is 381 g/mol. The third-order valence-corrected chi connectivity index (χ3v) is 4.49. The molecule has 0 aliphatic carbocycles. The summed E-state index contributed by atoms with van der Waals surface area (Å²) >= 11 is 0. The van der Waals surface area contributed by atoms with Crippen LogP contribution in [0.1, 0.15) is 5.69 Å². The quantitative estimate of drug-likeness (QED) is 0.496. The Bertz CT molecular complexity index is 1170. The molecule has 2 heterocycles. The third kappa shape index (κ3) is 3.11. The molecule has 0 bridgehead atoms. The number of hydrogen-bond acceptors (Lipinski definition) is 4. The summed E-state index contributed by atoms with van der Waals surface area (Å²) in [7, 11) is 0. The molecule has 3 N–H and O–H groups in total. The molecule has 7 heteroatoms. The fourth-order valence-electron chi connectivity index (χ4n) is 3.16. The van der Waals surface area contributed by atoms with Gasteiger partial charge in [-0.25, -0.2) is 4.98 Å². The van der Waals surface area contributed by atoms with Crippen LogP contribution in [0.3, 0.4) is 0 Å². The van der Waals surface area contributed by atoms with Gasteiger partial charge < -0.3 is 10.8 Å². The highest BCUT2D eigenvalue weighted by molar-refractivity contribution is 5.96. The van der Waals surface area contributed by atoms with E-state index in [-0.39, 0.29) is 5.75 Å². The van der Waals surface area contributed by atoms with Gasteiger partial charge in [-0.2, -0.15) is 13.2 Å². The summed E-state index contributed by atoms with van der Waals surface area (Å²) in [5, 5.41) is 12.1. The highest BCUT2D eigenvalue weighted by Gasteiger charge is 2.32. The predicted molar refractivity (Wildman–Crippen MR) is 101 cm³/mol. The predicted octanol–water partition coefficient (Wildman–Crippen LogP) is 5.27. The number of pyridine rings is 2. The van der Waals surface area contributed by atoms with E-state index < -0.39 is 11.9 Å². The Morgan fingerprint density at radius 2 is 1.68 bits per heavy atom. The molecule has 0 aliphatic heterocycles. The summed E-state index contributed by atoms with van der Waals surface area (Å²) in [5.41, 5.74) is 7.14. The van der Waals surface area contributed by atoms with E-state index in [0.29, 0.717) is 22.5 Å². The topological polar surface area (TPSA) is 72.0 Å². The molecule has 0 aliphatic rings. The lowest BCUT2D eigenvalue weighted by Crippen LogP contribution is -2.07. The summed E-state index contributed by atoms with van der Waals surface area (Å²) in [4.78, 5) is 7.56. The zero-order chi connectivity index (χ0) is 19.9. The van der Waals surface area contributed by atoms with E-state index in [4.69, 9.17) is 5.73 Å². The number of aromatic hydroxyl groups is 1. The Balaban J connectivity index is 1.87. The number of anilines is 1. The number of nitrogens with two attached hydrogens (primary N) is 1. The van der Waals surface area contributed by atoms with Crippen molar-refractivity contribution in [2.24, 2.45) is 0 Å². The number of halogens is 3. The molecular weight excluding hydrogens is 367 g/mol. The maximum Gasteiger partial charge on any atom is 0.433 e. The zero-order valence-corrected chi connectivity index (χ0v) is 14.4. The van der Waals surface area contributed by atoms with E-state index >= 15 is 0 Å².